The van der Waals surface area contributed by atoms with E-state index in [2.05, 4.69) is 4.98 Å². The van der Waals surface area contributed by atoms with Crippen molar-refractivity contribution in [3.05, 3.63) is 29.3 Å². The second kappa shape index (κ2) is 4.50. The van der Waals surface area contributed by atoms with E-state index in [1.807, 2.05) is 18.2 Å². The van der Waals surface area contributed by atoms with Crippen LogP contribution >= 0.6 is 11.3 Å². The van der Waals surface area contributed by atoms with Gasteiger partial charge in [0.25, 0.3) is 5.91 Å². The van der Waals surface area contributed by atoms with Gasteiger partial charge in [-0.05, 0) is 19.1 Å². The molecule has 2 amide bonds. The number of nitrogens with zero attached hydrogens (tertiary/aromatic N) is 2. The van der Waals surface area contributed by atoms with Crippen molar-refractivity contribution in [2.75, 3.05) is 6.54 Å². The van der Waals surface area contributed by atoms with Crippen LogP contribution in [0.3, 0.4) is 0 Å². The van der Waals surface area contributed by atoms with E-state index in [-0.39, 0.29) is 11.6 Å². The number of carbonyl (C=O) groups excluding carboxylic acids is 1. The summed E-state index contributed by atoms with van der Waals surface area (Å²) in [6.45, 7) is 1.73. The lowest BCUT2D eigenvalue weighted by Gasteiger charge is -2.12. The molecule has 6 heteroatoms. The Bertz CT molecular complexity index is 546. The Morgan fingerprint density at radius 1 is 1.41 bits per heavy atom. The van der Waals surface area contributed by atoms with E-state index < -0.39 is 12.0 Å². The molecule has 0 unspecified atom stereocenters. The highest BCUT2D eigenvalue weighted by Gasteiger charge is 2.23. The van der Waals surface area contributed by atoms with Gasteiger partial charge in [-0.2, -0.15) is 0 Å². The zero-order valence-electron chi connectivity index (χ0n) is 9.08. The van der Waals surface area contributed by atoms with E-state index >= 15 is 0 Å². The molecule has 1 aromatic heterocycles. The van der Waals surface area contributed by atoms with Crippen LogP contribution in [0.4, 0.5) is 4.79 Å². The van der Waals surface area contributed by atoms with Crippen molar-refractivity contribution in [3.8, 4) is 0 Å². The van der Waals surface area contributed by atoms with Crippen LogP contribution in [0.2, 0.25) is 0 Å². The summed E-state index contributed by atoms with van der Waals surface area (Å²) in [6, 6.07) is 7.31. The van der Waals surface area contributed by atoms with Crippen LogP contribution in [-0.4, -0.2) is 33.5 Å². The molecule has 0 spiro atoms. The fraction of sp³-hybridized carbons (Fsp3) is 0.182. The molecule has 1 heterocycles. The number of hydrogen-bond acceptors (Lipinski definition) is 4. The van der Waals surface area contributed by atoms with Gasteiger partial charge in [0.15, 0.2) is 5.01 Å². The molecule has 0 saturated heterocycles. The summed E-state index contributed by atoms with van der Waals surface area (Å²) in [7, 11) is 0. The first-order chi connectivity index (χ1) is 8.13. The van der Waals surface area contributed by atoms with Crippen LogP contribution in [0, 0.1) is 0 Å². The van der Waals surface area contributed by atoms with E-state index in [4.69, 9.17) is 5.11 Å². The van der Waals surface area contributed by atoms with Crippen LogP contribution in [0.1, 0.15) is 16.7 Å². The second-order valence-electron chi connectivity index (χ2n) is 3.32. The first-order valence-corrected chi connectivity index (χ1v) is 5.85. The number of aromatic nitrogens is 1. The van der Waals surface area contributed by atoms with Crippen LogP contribution in [-0.2, 0) is 0 Å². The lowest BCUT2D eigenvalue weighted by atomic mass is 10.3. The summed E-state index contributed by atoms with van der Waals surface area (Å²) in [4.78, 5) is 27.6. The van der Waals surface area contributed by atoms with E-state index in [1.165, 1.54) is 11.3 Å². The molecule has 1 N–H and O–H groups in total. The third kappa shape index (κ3) is 2.12. The van der Waals surface area contributed by atoms with Gasteiger partial charge in [0, 0.05) is 6.54 Å². The van der Waals surface area contributed by atoms with Crippen molar-refractivity contribution < 1.29 is 14.7 Å². The molecule has 2 aromatic rings. The zero-order chi connectivity index (χ0) is 12.4. The predicted molar refractivity (Wildman–Crippen MR) is 64.4 cm³/mol. The Morgan fingerprint density at radius 3 is 2.71 bits per heavy atom. The molecule has 0 atom stereocenters. The van der Waals surface area contributed by atoms with E-state index in [0.29, 0.717) is 5.52 Å². The summed E-state index contributed by atoms with van der Waals surface area (Å²) < 4.78 is 0.872. The second-order valence-corrected chi connectivity index (χ2v) is 4.35. The standard InChI is InChI=1S/C11H10N2O3S/c1-2-13(11(15)16)10(14)9-12-7-5-3-4-6-8(7)17-9/h3-6H,2H2,1H3,(H,15,16). The highest BCUT2D eigenvalue weighted by molar-refractivity contribution is 7.20. The SMILES string of the molecule is CCN(C(=O)O)C(=O)c1nc2ccccc2s1. The molecule has 1 aromatic carbocycles. The minimum atomic E-state index is -1.25. The van der Waals surface area contributed by atoms with Crippen LogP contribution < -0.4 is 0 Å². The highest BCUT2D eigenvalue weighted by Crippen LogP contribution is 2.22. The summed E-state index contributed by atoms with van der Waals surface area (Å²) >= 11 is 1.20. The van der Waals surface area contributed by atoms with Gasteiger partial charge in [0.1, 0.15) is 0 Å². The number of carboxylic acid groups (broad SMARTS) is 1. The van der Waals surface area contributed by atoms with E-state index in [0.717, 1.165) is 9.60 Å². The van der Waals surface area contributed by atoms with Gasteiger partial charge in [-0.3, -0.25) is 4.79 Å². The average Bonchev–Trinajstić information content (AvgIpc) is 2.72. The molecule has 17 heavy (non-hydrogen) atoms. The van der Waals surface area contributed by atoms with Crippen molar-refractivity contribution in [3.63, 3.8) is 0 Å². The molecule has 0 aliphatic heterocycles. The van der Waals surface area contributed by atoms with Crippen molar-refractivity contribution >= 4 is 33.6 Å². The number of amides is 2. The quantitative estimate of drug-likeness (QED) is 0.888. The molecular weight excluding hydrogens is 240 g/mol. The number of rotatable bonds is 2. The Balaban J connectivity index is 2.39. The lowest BCUT2D eigenvalue weighted by molar-refractivity contribution is 0.0751. The minimum absolute atomic E-state index is 0.115. The van der Waals surface area contributed by atoms with Gasteiger partial charge in [0.2, 0.25) is 0 Å². The monoisotopic (exact) mass is 250 g/mol. The van der Waals surface area contributed by atoms with Crippen molar-refractivity contribution in [2.45, 2.75) is 6.92 Å². The highest BCUT2D eigenvalue weighted by atomic mass is 32.1. The van der Waals surface area contributed by atoms with Crippen LogP contribution in [0.15, 0.2) is 24.3 Å². The fourth-order valence-corrected chi connectivity index (χ4v) is 2.36. The van der Waals surface area contributed by atoms with Gasteiger partial charge < -0.3 is 5.11 Å². The van der Waals surface area contributed by atoms with Crippen molar-refractivity contribution in [1.29, 1.82) is 0 Å². The molecule has 0 aliphatic rings. The van der Waals surface area contributed by atoms with Gasteiger partial charge in [-0.25, -0.2) is 14.7 Å². The molecule has 0 bridgehead atoms. The third-order valence-corrected chi connectivity index (χ3v) is 3.29. The maximum Gasteiger partial charge on any atom is 0.414 e. The normalized spacial score (nSPS) is 10.4. The summed E-state index contributed by atoms with van der Waals surface area (Å²) in [5, 5.41) is 9.07. The number of benzene rings is 1. The van der Waals surface area contributed by atoms with Crippen LogP contribution in [0.25, 0.3) is 10.2 Å². The maximum absolute atomic E-state index is 11.9. The first kappa shape index (κ1) is 11.5. The number of para-hydroxylation sites is 1. The lowest BCUT2D eigenvalue weighted by Crippen LogP contribution is -2.35. The number of hydrogen-bond donors (Lipinski definition) is 1. The summed E-state index contributed by atoms with van der Waals surface area (Å²) in [5.74, 6) is -0.568. The van der Waals surface area contributed by atoms with Gasteiger partial charge in [0.05, 0.1) is 10.2 Å². The summed E-state index contributed by atoms with van der Waals surface area (Å²) in [6.07, 6.45) is -1.25. The molecule has 5 nitrogen and oxygen atoms in total. The fourth-order valence-electron chi connectivity index (χ4n) is 1.44. The zero-order valence-corrected chi connectivity index (χ0v) is 9.90. The van der Waals surface area contributed by atoms with E-state index in [1.54, 1.807) is 13.0 Å². The molecule has 88 valence electrons. The number of imide groups is 1. The third-order valence-electron chi connectivity index (χ3n) is 2.27. The largest absolute Gasteiger partial charge is 0.465 e. The number of fused-ring (bicyclic) bond motifs is 1. The number of carbonyl (C=O) groups is 2. The predicted octanol–water partition coefficient (Wildman–Crippen LogP) is 2.44. The molecule has 2 rings (SSSR count). The van der Waals surface area contributed by atoms with Gasteiger partial charge in [-0.1, -0.05) is 12.1 Å². The van der Waals surface area contributed by atoms with Gasteiger partial charge >= 0.3 is 6.09 Å². The first-order valence-electron chi connectivity index (χ1n) is 5.04. The van der Waals surface area contributed by atoms with Gasteiger partial charge in [-0.15, -0.1) is 11.3 Å². The van der Waals surface area contributed by atoms with E-state index in [9.17, 15) is 9.59 Å². The Hall–Kier alpha value is -1.95. The Kier molecular flexibility index (Phi) is 3.06. The Labute approximate surface area is 101 Å². The molecule has 0 aliphatic carbocycles. The summed E-state index contributed by atoms with van der Waals surface area (Å²) in [5.41, 5.74) is 0.710. The Morgan fingerprint density at radius 2 is 2.12 bits per heavy atom. The smallest absolute Gasteiger partial charge is 0.414 e. The van der Waals surface area contributed by atoms with Crippen molar-refractivity contribution in [1.82, 2.24) is 9.88 Å². The topological polar surface area (TPSA) is 70.5 Å². The molecule has 0 fully saturated rings. The number of thiazole rings is 1. The molecule has 0 saturated carbocycles. The van der Waals surface area contributed by atoms with Crippen molar-refractivity contribution in [2.24, 2.45) is 0 Å². The van der Waals surface area contributed by atoms with Crippen LogP contribution in [0.5, 0.6) is 0 Å². The average molecular weight is 250 g/mol. The minimum Gasteiger partial charge on any atom is -0.465 e. The molecule has 0 radical (unpaired) electrons. The maximum atomic E-state index is 11.9. The molecular formula is C11H10N2O3S.